The fraction of sp³-hybridized carbons (Fsp3) is 0.462. The second kappa shape index (κ2) is 5.27. The summed E-state index contributed by atoms with van der Waals surface area (Å²) in [4.78, 5) is 11.9. The third-order valence-corrected chi connectivity index (χ3v) is 2.39. The first-order chi connectivity index (χ1) is 7.87. The van der Waals surface area contributed by atoms with E-state index < -0.39 is 17.3 Å². The third kappa shape index (κ3) is 3.53. The second-order valence-corrected chi connectivity index (χ2v) is 4.71. The number of ether oxygens (including phenoxy) is 1. The van der Waals surface area contributed by atoms with E-state index in [-0.39, 0.29) is 5.56 Å². The summed E-state index contributed by atoms with van der Waals surface area (Å²) in [6.07, 6.45) is 0. The zero-order chi connectivity index (χ0) is 13.1. The van der Waals surface area contributed by atoms with E-state index in [9.17, 15) is 9.18 Å². The van der Waals surface area contributed by atoms with Crippen LogP contribution in [0.1, 0.15) is 29.8 Å². The fourth-order valence-electron chi connectivity index (χ4n) is 1.59. The van der Waals surface area contributed by atoms with Crippen LogP contribution in [-0.2, 0) is 4.74 Å². The van der Waals surface area contributed by atoms with E-state index in [1.807, 2.05) is 13.8 Å². The van der Waals surface area contributed by atoms with E-state index in [0.29, 0.717) is 12.2 Å². The summed E-state index contributed by atoms with van der Waals surface area (Å²) in [6, 6.07) is 4.77. The standard InChI is InChI=1S/C13H18FNO2/c1-9-6-5-7-10(11(9)14)12(16)15-13(2,3)8-17-4/h5-7H,8H2,1-4H3,(H,15,16). The van der Waals surface area contributed by atoms with Crippen molar-refractivity contribution in [3.63, 3.8) is 0 Å². The Morgan fingerprint density at radius 2 is 2.12 bits per heavy atom. The molecule has 1 rings (SSSR count). The first-order valence-corrected chi connectivity index (χ1v) is 5.44. The van der Waals surface area contributed by atoms with E-state index in [1.165, 1.54) is 6.07 Å². The van der Waals surface area contributed by atoms with Gasteiger partial charge in [-0.05, 0) is 32.4 Å². The molecule has 0 atom stereocenters. The van der Waals surface area contributed by atoms with Gasteiger partial charge >= 0.3 is 0 Å². The van der Waals surface area contributed by atoms with Gasteiger partial charge in [0.05, 0.1) is 17.7 Å². The van der Waals surface area contributed by atoms with Crippen molar-refractivity contribution in [1.29, 1.82) is 0 Å². The fourth-order valence-corrected chi connectivity index (χ4v) is 1.59. The average Bonchev–Trinajstić information content (AvgIpc) is 2.21. The first-order valence-electron chi connectivity index (χ1n) is 5.44. The van der Waals surface area contributed by atoms with Crippen LogP contribution in [0.2, 0.25) is 0 Å². The van der Waals surface area contributed by atoms with Gasteiger partial charge in [0, 0.05) is 7.11 Å². The summed E-state index contributed by atoms with van der Waals surface area (Å²) in [5.74, 6) is -0.897. The Labute approximate surface area is 101 Å². The largest absolute Gasteiger partial charge is 0.382 e. The molecule has 0 fully saturated rings. The maximum atomic E-state index is 13.7. The molecule has 0 saturated heterocycles. The number of carbonyl (C=O) groups is 1. The lowest BCUT2D eigenvalue weighted by Gasteiger charge is -2.25. The van der Waals surface area contributed by atoms with Crippen LogP contribution in [0, 0.1) is 12.7 Å². The molecule has 1 aromatic rings. The van der Waals surface area contributed by atoms with Gasteiger partial charge in [0.1, 0.15) is 5.82 Å². The average molecular weight is 239 g/mol. The monoisotopic (exact) mass is 239 g/mol. The number of nitrogens with one attached hydrogen (secondary N) is 1. The number of hydrogen-bond donors (Lipinski definition) is 1. The highest BCUT2D eigenvalue weighted by atomic mass is 19.1. The molecule has 0 unspecified atom stereocenters. The number of hydrogen-bond acceptors (Lipinski definition) is 2. The Balaban J connectivity index is 2.87. The SMILES string of the molecule is COCC(C)(C)NC(=O)c1cccc(C)c1F. The van der Waals surface area contributed by atoms with Crippen LogP contribution in [0.5, 0.6) is 0 Å². The molecule has 17 heavy (non-hydrogen) atoms. The van der Waals surface area contributed by atoms with Crippen molar-refractivity contribution >= 4 is 5.91 Å². The Morgan fingerprint density at radius 3 is 2.71 bits per heavy atom. The molecule has 0 radical (unpaired) electrons. The summed E-state index contributed by atoms with van der Waals surface area (Å²) in [5, 5.41) is 2.74. The van der Waals surface area contributed by atoms with E-state index in [4.69, 9.17) is 4.74 Å². The number of benzene rings is 1. The lowest BCUT2D eigenvalue weighted by Crippen LogP contribution is -2.47. The molecular weight excluding hydrogens is 221 g/mol. The Kier molecular flexibility index (Phi) is 4.23. The van der Waals surface area contributed by atoms with Crippen molar-refractivity contribution in [3.05, 3.63) is 35.1 Å². The van der Waals surface area contributed by atoms with Crippen molar-refractivity contribution < 1.29 is 13.9 Å². The second-order valence-electron chi connectivity index (χ2n) is 4.71. The van der Waals surface area contributed by atoms with Gasteiger partial charge in [-0.2, -0.15) is 0 Å². The molecule has 1 N–H and O–H groups in total. The lowest BCUT2D eigenvalue weighted by molar-refractivity contribution is 0.0816. The maximum absolute atomic E-state index is 13.7. The molecule has 0 aromatic heterocycles. The van der Waals surface area contributed by atoms with Crippen molar-refractivity contribution in [2.24, 2.45) is 0 Å². The van der Waals surface area contributed by atoms with E-state index in [1.54, 1.807) is 26.2 Å². The number of rotatable bonds is 4. The van der Waals surface area contributed by atoms with Crippen molar-refractivity contribution in [3.8, 4) is 0 Å². The smallest absolute Gasteiger partial charge is 0.254 e. The van der Waals surface area contributed by atoms with Crippen LogP contribution < -0.4 is 5.32 Å². The van der Waals surface area contributed by atoms with Gasteiger partial charge in [-0.15, -0.1) is 0 Å². The van der Waals surface area contributed by atoms with Gasteiger partial charge in [-0.1, -0.05) is 12.1 Å². The quantitative estimate of drug-likeness (QED) is 0.875. The normalized spacial score (nSPS) is 11.4. The third-order valence-electron chi connectivity index (χ3n) is 2.39. The molecule has 0 bridgehead atoms. The predicted molar refractivity (Wildman–Crippen MR) is 64.6 cm³/mol. The highest BCUT2D eigenvalue weighted by Crippen LogP contribution is 2.13. The van der Waals surface area contributed by atoms with Crippen LogP contribution in [0.25, 0.3) is 0 Å². The molecule has 0 heterocycles. The van der Waals surface area contributed by atoms with Crippen molar-refractivity contribution in [1.82, 2.24) is 5.32 Å². The van der Waals surface area contributed by atoms with Gasteiger partial charge in [0.25, 0.3) is 5.91 Å². The highest BCUT2D eigenvalue weighted by molar-refractivity contribution is 5.95. The molecular formula is C13H18FNO2. The number of methoxy groups -OCH3 is 1. The van der Waals surface area contributed by atoms with Crippen LogP contribution in [0.4, 0.5) is 4.39 Å². The molecule has 1 amide bonds. The molecule has 4 heteroatoms. The minimum absolute atomic E-state index is 0.0641. The summed E-state index contributed by atoms with van der Waals surface area (Å²) < 4.78 is 18.7. The maximum Gasteiger partial charge on any atom is 0.254 e. The molecule has 0 aliphatic rings. The summed E-state index contributed by atoms with van der Waals surface area (Å²) >= 11 is 0. The Morgan fingerprint density at radius 1 is 1.47 bits per heavy atom. The molecule has 0 aliphatic heterocycles. The topological polar surface area (TPSA) is 38.3 Å². The Bertz CT molecular complexity index is 416. The number of halogens is 1. The number of aryl methyl sites for hydroxylation is 1. The van der Waals surface area contributed by atoms with Gasteiger partial charge in [0.2, 0.25) is 0 Å². The van der Waals surface area contributed by atoms with Crippen molar-refractivity contribution in [2.45, 2.75) is 26.3 Å². The van der Waals surface area contributed by atoms with Gasteiger partial charge in [-0.25, -0.2) is 4.39 Å². The minimum Gasteiger partial charge on any atom is -0.382 e. The van der Waals surface area contributed by atoms with E-state index >= 15 is 0 Å². The summed E-state index contributed by atoms with van der Waals surface area (Å²) in [5.41, 5.74) is -0.00135. The van der Waals surface area contributed by atoms with Gasteiger partial charge < -0.3 is 10.1 Å². The molecule has 3 nitrogen and oxygen atoms in total. The van der Waals surface area contributed by atoms with Crippen LogP contribution in [0.3, 0.4) is 0 Å². The number of carbonyl (C=O) groups excluding carboxylic acids is 1. The highest BCUT2D eigenvalue weighted by Gasteiger charge is 2.22. The first kappa shape index (κ1) is 13.6. The lowest BCUT2D eigenvalue weighted by atomic mass is 10.0. The van der Waals surface area contributed by atoms with Crippen LogP contribution in [0.15, 0.2) is 18.2 Å². The molecule has 1 aromatic carbocycles. The van der Waals surface area contributed by atoms with Crippen LogP contribution in [-0.4, -0.2) is 25.2 Å². The van der Waals surface area contributed by atoms with E-state index in [0.717, 1.165) is 0 Å². The minimum atomic E-state index is -0.526. The van der Waals surface area contributed by atoms with Gasteiger partial charge in [0.15, 0.2) is 0 Å². The summed E-state index contributed by atoms with van der Waals surface area (Å²) in [6.45, 7) is 5.64. The molecule has 0 saturated carbocycles. The molecule has 0 spiro atoms. The Hall–Kier alpha value is -1.42. The predicted octanol–water partition coefficient (Wildman–Crippen LogP) is 2.29. The zero-order valence-corrected chi connectivity index (χ0v) is 10.6. The molecule has 94 valence electrons. The molecule has 0 aliphatic carbocycles. The van der Waals surface area contributed by atoms with Gasteiger partial charge in [-0.3, -0.25) is 4.79 Å². The summed E-state index contributed by atoms with van der Waals surface area (Å²) in [7, 11) is 1.56. The zero-order valence-electron chi connectivity index (χ0n) is 10.6. The van der Waals surface area contributed by atoms with Crippen molar-refractivity contribution in [2.75, 3.05) is 13.7 Å². The van der Waals surface area contributed by atoms with Crippen LogP contribution >= 0.6 is 0 Å². The van der Waals surface area contributed by atoms with E-state index in [2.05, 4.69) is 5.32 Å². The number of amides is 1.